The van der Waals surface area contributed by atoms with Gasteiger partial charge in [0.15, 0.2) is 6.23 Å². The van der Waals surface area contributed by atoms with E-state index < -0.39 is 60.1 Å². The van der Waals surface area contributed by atoms with Crippen LogP contribution in [0.4, 0.5) is 4.39 Å². The molecule has 1 aliphatic rings. The Labute approximate surface area is 222 Å². The highest BCUT2D eigenvalue weighted by Gasteiger charge is 2.58. The Bertz CT molecular complexity index is 1270. The van der Waals surface area contributed by atoms with Crippen LogP contribution in [0.1, 0.15) is 32.6 Å². The number of halogens is 2. The smallest absolute Gasteiger partial charge is 0.330 e. The molecule has 2 aromatic rings. The average Bonchev–Trinajstić information content (AvgIpc) is 3.03. The maximum atomic E-state index is 15.4. The van der Waals surface area contributed by atoms with Crippen LogP contribution in [-0.4, -0.2) is 56.7 Å². The summed E-state index contributed by atoms with van der Waals surface area (Å²) >= 11 is 11.5. The van der Waals surface area contributed by atoms with E-state index in [0.29, 0.717) is 5.75 Å². The van der Waals surface area contributed by atoms with Gasteiger partial charge in [-0.3, -0.25) is 19.1 Å². The van der Waals surface area contributed by atoms with Gasteiger partial charge in [0.2, 0.25) is 0 Å². The van der Waals surface area contributed by atoms with Crippen LogP contribution >= 0.6 is 18.2 Å². The van der Waals surface area contributed by atoms with Crippen LogP contribution < -0.4 is 20.9 Å². The molecule has 1 aromatic carbocycles. The number of hydrogen-bond donors (Lipinski definition) is 3. The number of benzene rings is 1. The SMILES string of the molecule is Cc1cn([C@@H]2O[C@H](COP(=S)(N[C@H](C)C(=O)OC(C)C)Oc3ccccc3)[C@@H](O)[C@]2(F)Cl)c(=O)[nH]c1=O. The molecule has 1 aliphatic heterocycles. The molecule has 0 amide bonds. The molecule has 0 bridgehead atoms. The number of aromatic nitrogens is 2. The molecule has 37 heavy (non-hydrogen) atoms. The van der Waals surface area contributed by atoms with Gasteiger partial charge < -0.3 is 23.6 Å². The molecule has 0 aliphatic carbocycles. The van der Waals surface area contributed by atoms with Crippen molar-refractivity contribution in [3.05, 3.63) is 62.9 Å². The summed E-state index contributed by atoms with van der Waals surface area (Å²) < 4.78 is 38.5. The molecule has 1 unspecified atom stereocenters. The Kier molecular flexibility index (Phi) is 9.33. The fourth-order valence-corrected chi connectivity index (χ4v) is 6.09. The van der Waals surface area contributed by atoms with Gasteiger partial charge in [-0.05, 0) is 51.6 Å². The number of carbonyl (C=O) groups is 1. The largest absolute Gasteiger partial charge is 0.462 e. The number of alkyl halides is 2. The van der Waals surface area contributed by atoms with Gasteiger partial charge in [-0.2, -0.15) is 0 Å². The van der Waals surface area contributed by atoms with E-state index >= 15 is 4.39 Å². The van der Waals surface area contributed by atoms with Crippen LogP contribution in [0, 0.1) is 6.92 Å². The second-order valence-electron chi connectivity index (χ2n) is 8.66. The minimum Gasteiger partial charge on any atom is -0.462 e. The highest BCUT2D eigenvalue weighted by molar-refractivity contribution is 8.09. The number of nitrogens with zero attached hydrogens (tertiary/aromatic N) is 1. The number of aliphatic hydroxyl groups is 1. The van der Waals surface area contributed by atoms with Crippen LogP contribution in [0.3, 0.4) is 0 Å². The van der Waals surface area contributed by atoms with Gasteiger partial charge in [-0.1, -0.05) is 29.8 Å². The zero-order valence-electron chi connectivity index (χ0n) is 20.4. The third-order valence-corrected chi connectivity index (χ3v) is 8.12. The molecular weight excluding hydrogens is 552 g/mol. The molecule has 6 atom stereocenters. The maximum absolute atomic E-state index is 15.4. The summed E-state index contributed by atoms with van der Waals surface area (Å²) in [4.78, 5) is 38.3. The predicted molar refractivity (Wildman–Crippen MR) is 137 cm³/mol. The van der Waals surface area contributed by atoms with E-state index in [1.165, 1.54) is 13.8 Å². The van der Waals surface area contributed by atoms with E-state index in [-0.39, 0.29) is 11.7 Å². The third-order valence-electron chi connectivity index (χ3n) is 5.21. The Hall–Kier alpha value is -2.12. The van der Waals surface area contributed by atoms with E-state index in [1.807, 2.05) is 4.98 Å². The van der Waals surface area contributed by atoms with Crippen LogP contribution in [0.25, 0.3) is 0 Å². The number of aromatic amines is 1. The number of rotatable bonds is 10. The summed E-state index contributed by atoms with van der Waals surface area (Å²) in [7, 11) is 0. The average molecular weight is 580 g/mol. The van der Waals surface area contributed by atoms with E-state index in [2.05, 4.69) is 5.09 Å². The molecule has 3 N–H and O–H groups in total. The quantitative estimate of drug-likeness (QED) is 0.218. The summed E-state index contributed by atoms with van der Waals surface area (Å²) in [6.07, 6.45) is -4.44. The van der Waals surface area contributed by atoms with E-state index in [1.54, 1.807) is 44.2 Å². The molecule has 11 nitrogen and oxygen atoms in total. The van der Waals surface area contributed by atoms with Gasteiger partial charge in [0, 0.05) is 11.8 Å². The normalized spacial score (nSPS) is 26.0. The Morgan fingerprint density at radius 3 is 2.62 bits per heavy atom. The second kappa shape index (κ2) is 11.7. The summed E-state index contributed by atoms with van der Waals surface area (Å²) in [5, 5.41) is 10.4. The van der Waals surface area contributed by atoms with E-state index in [9.17, 15) is 19.5 Å². The molecule has 1 saturated heterocycles. The number of nitrogens with one attached hydrogen (secondary N) is 2. The summed E-state index contributed by atoms with van der Waals surface area (Å²) in [6, 6.07) is 7.48. The molecule has 2 heterocycles. The van der Waals surface area contributed by atoms with Crippen molar-refractivity contribution < 1.29 is 32.8 Å². The summed E-state index contributed by atoms with van der Waals surface area (Å²) in [5.74, 6) is -0.265. The number of esters is 1. The monoisotopic (exact) mass is 579 g/mol. The summed E-state index contributed by atoms with van der Waals surface area (Å²) in [5.41, 5.74) is -1.54. The van der Waals surface area contributed by atoms with Crippen molar-refractivity contribution in [2.75, 3.05) is 6.61 Å². The minimum atomic E-state index is -3.52. The van der Waals surface area contributed by atoms with Gasteiger partial charge in [-0.25, -0.2) is 14.3 Å². The lowest BCUT2D eigenvalue weighted by atomic mass is 10.1. The number of ether oxygens (including phenoxy) is 2. The van der Waals surface area contributed by atoms with Crippen molar-refractivity contribution in [2.45, 2.75) is 63.4 Å². The van der Waals surface area contributed by atoms with Crippen molar-refractivity contribution in [2.24, 2.45) is 0 Å². The predicted octanol–water partition coefficient (Wildman–Crippen LogP) is 2.26. The van der Waals surface area contributed by atoms with Crippen LogP contribution in [0.15, 0.2) is 46.1 Å². The van der Waals surface area contributed by atoms with Gasteiger partial charge >= 0.3 is 18.3 Å². The number of H-pyrrole nitrogens is 1. The van der Waals surface area contributed by atoms with Crippen LogP contribution in [0.5, 0.6) is 5.75 Å². The standard InChI is InChI=1S/C22H28ClFN3O8PS/c1-12(2)33-19(30)14(4)26-36(37,35-15-8-6-5-7-9-15)32-11-16-17(28)22(23,24)20(34-16)27-10-13(3)18(29)25-21(27)31/h5-10,12,14,16-17,20,28H,11H2,1-4H3,(H,26,37)(H,25,29,31)/t14-,16-,17-,20-,22-,36?/m1/s1. The highest BCUT2D eigenvalue weighted by atomic mass is 35.5. The molecule has 204 valence electrons. The third kappa shape index (κ3) is 7.05. The first-order valence-corrected chi connectivity index (χ1v) is 14.3. The lowest BCUT2D eigenvalue weighted by Gasteiger charge is -2.28. The van der Waals surface area contributed by atoms with Crippen molar-refractivity contribution in [3.8, 4) is 5.75 Å². The molecule has 1 fully saturated rings. The first kappa shape index (κ1) is 29.4. The lowest BCUT2D eigenvalue weighted by molar-refractivity contribution is -0.149. The van der Waals surface area contributed by atoms with Gasteiger partial charge in [0.05, 0.1) is 12.7 Å². The number of hydrogen-bond acceptors (Lipinski definition) is 9. The molecule has 15 heteroatoms. The van der Waals surface area contributed by atoms with Gasteiger partial charge in [0.25, 0.3) is 10.7 Å². The fourth-order valence-electron chi connectivity index (χ4n) is 3.37. The Balaban J connectivity index is 1.82. The molecule has 0 saturated carbocycles. The van der Waals surface area contributed by atoms with Gasteiger partial charge in [0.1, 0.15) is 24.0 Å². The van der Waals surface area contributed by atoms with Crippen molar-refractivity contribution in [1.82, 2.24) is 14.6 Å². The molecule has 1 aromatic heterocycles. The summed E-state index contributed by atoms with van der Waals surface area (Å²) in [6.45, 7) is 2.26. The zero-order valence-corrected chi connectivity index (χ0v) is 22.9. The number of aliphatic hydroxyl groups excluding tert-OH is 1. The van der Waals surface area contributed by atoms with Crippen molar-refractivity contribution >= 4 is 36.0 Å². The van der Waals surface area contributed by atoms with E-state index in [0.717, 1.165) is 10.8 Å². The number of para-hydroxylation sites is 1. The topological polar surface area (TPSA) is 141 Å². The highest BCUT2D eigenvalue weighted by Crippen LogP contribution is 2.48. The molecule has 3 rings (SSSR count). The number of aryl methyl sites for hydroxylation is 1. The minimum absolute atomic E-state index is 0.100. The maximum Gasteiger partial charge on any atom is 0.330 e. The van der Waals surface area contributed by atoms with E-state index in [4.69, 9.17) is 41.9 Å². The first-order valence-electron chi connectivity index (χ1n) is 11.2. The lowest BCUT2D eigenvalue weighted by Crippen LogP contribution is -2.42. The number of carbonyl (C=O) groups excluding carboxylic acids is 1. The molecular formula is C22H28ClFN3O8PS. The van der Waals surface area contributed by atoms with Crippen molar-refractivity contribution in [1.29, 1.82) is 0 Å². The Morgan fingerprint density at radius 1 is 1.35 bits per heavy atom. The van der Waals surface area contributed by atoms with Crippen molar-refractivity contribution in [3.63, 3.8) is 0 Å². The second-order valence-corrected chi connectivity index (χ2v) is 12.4. The van der Waals surface area contributed by atoms with Crippen LogP contribution in [0.2, 0.25) is 0 Å². The Morgan fingerprint density at radius 2 is 2.00 bits per heavy atom. The first-order chi connectivity index (χ1) is 17.2. The zero-order chi connectivity index (χ0) is 27.5. The fraction of sp³-hybridized carbons (Fsp3) is 0.500. The molecule has 0 spiro atoms. The van der Waals surface area contributed by atoms with Crippen LogP contribution in [-0.2, 0) is 30.6 Å². The molecule has 0 radical (unpaired) electrons. The van der Waals surface area contributed by atoms with Gasteiger partial charge in [-0.15, -0.1) is 0 Å².